The number of anilines is 1. The second-order valence-corrected chi connectivity index (χ2v) is 9.06. The molecule has 1 aliphatic carbocycles. The van der Waals surface area contributed by atoms with Crippen molar-refractivity contribution in [3.8, 4) is 0 Å². The molecule has 0 bridgehead atoms. The van der Waals surface area contributed by atoms with E-state index in [4.69, 9.17) is 0 Å². The van der Waals surface area contributed by atoms with Crippen LogP contribution in [0.5, 0.6) is 0 Å². The molecule has 152 valence electrons. The molecule has 0 atom stereocenters. The van der Waals surface area contributed by atoms with Crippen LogP contribution in [0.2, 0.25) is 0 Å². The number of nitrogens with zero attached hydrogens (tertiary/aromatic N) is 3. The fourth-order valence-electron chi connectivity index (χ4n) is 5.34. The first-order valence-electron chi connectivity index (χ1n) is 11.3. The van der Waals surface area contributed by atoms with Crippen LogP contribution in [0, 0.1) is 5.92 Å². The van der Waals surface area contributed by atoms with Gasteiger partial charge in [0.1, 0.15) is 0 Å². The third-order valence-electron chi connectivity index (χ3n) is 7.28. The third kappa shape index (κ3) is 3.90. The zero-order valence-electron chi connectivity index (χ0n) is 17.2. The van der Waals surface area contributed by atoms with Crippen LogP contribution in [-0.4, -0.2) is 42.0 Å². The van der Waals surface area contributed by atoms with E-state index in [2.05, 4.69) is 45.1 Å². The highest BCUT2D eigenvalue weighted by molar-refractivity contribution is 5.79. The fourth-order valence-corrected chi connectivity index (χ4v) is 5.34. The predicted molar refractivity (Wildman–Crippen MR) is 116 cm³/mol. The van der Waals surface area contributed by atoms with Crippen LogP contribution in [-0.2, 0) is 4.79 Å². The van der Waals surface area contributed by atoms with Crippen LogP contribution < -0.4 is 4.90 Å². The van der Waals surface area contributed by atoms with Crippen LogP contribution in [0.4, 0.5) is 5.69 Å². The first kappa shape index (κ1) is 18.7. The summed E-state index contributed by atoms with van der Waals surface area (Å²) in [6.07, 6.45) is 10.7. The molecule has 5 rings (SSSR count). The van der Waals surface area contributed by atoms with Gasteiger partial charge in [-0.05, 0) is 60.9 Å². The van der Waals surface area contributed by atoms with Crippen molar-refractivity contribution in [1.29, 1.82) is 0 Å². The highest BCUT2D eigenvalue weighted by Crippen LogP contribution is 2.35. The van der Waals surface area contributed by atoms with Crippen molar-refractivity contribution in [2.75, 3.05) is 31.1 Å². The number of carbonyl (C=O) groups is 1. The van der Waals surface area contributed by atoms with Crippen molar-refractivity contribution in [1.82, 2.24) is 9.88 Å². The normalized spacial score (nSPS) is 21.4. The minimum atomic E-state index is 0.317. The molecule has 3 fully saturated rings. The Morgan fingerprint density at radius 2 is 1.59 bits per heavy atom. The molecule has 0 unspecified atom stereocenters. The zero-order valence-corrected chi connectivity index (χ0v) is 17.2. The Bertz CT molecular complexity index is 815. The topological polar surface area (TPSA) is 36.4 Å². The van der Waals surface area contributed by atoms with Gasteiger partial charge < -0.3 is 9.80 Å². The molecule has 4 nitrogen and oxygen atoms in total. The molecule has 4 heteroatoms. The second kappa shape index (κ2) is 8.17. The Hall–Kier alpha value is -2.36. The van der Waals surface area contributed by atoms with Crippen molar-refractivity contribution >= 4 is 11.6 Å². The molecular weight excluding hydrogens is 358 g/mol. The van der Waals surface area contributed by atoms with Crippen molar-refractivity contribution in [3.63, 3.8) is 0 Å². The lowest BCUT2D eigenvalue weighted by atomic mass is 9.88. The van der Waals surface area contributed by atoms with E-state index in [0.29, 0.717) is 23.7 Å². The molecule has 3 aliphatic rings. The number of amides is 1. The molecule has 1 aromatic carbocycles. The van der Waals surface area contributed by atoms with E-state index in [9.17, 15) is 4.79 Å². The number of hydrogen-bond acceptors (Lipinski definition) is 3. The maximum atomic E-state index is 12.6. The number of rotatable bonds is 4. The standard InChI is InChI=1S/C25H31N3O/c29-25(21-4-1-2-5-21)27-14-11-20(12-15-27)19-7-9-24(10-8-19)28-17-23(18-28)22-6-3-13-26-16-22/h3,6-10,13,16,20-21,23H,1-2,4-5,11-12,14-15,17-18H2. The maximum absolute atomic E-state index is 12.6. The number of aromatic nitrogens is 1. The van der Waals surface area contributed by atoms with Gasteiger partial charge in [-0.3, -0.25) is 9.78 Å². The Morgan fingerprint density at radius 1 is 0.862 bits per heavy atom. The quantitative estimate of drug-likeness (QED) is 0.768. The summed E-state index contributed by atoms with van der Waals surface area (Å²) in [5, 5.41) is 0. The van der Waals surface area contributed by atoms with Crippen LogP contribution in [0.25, 0.3) is 0 Å². The summed E-state index contributed by atoms with van der Waals surface area (Å²) in [5.41, 5.74) is 4.10. The van der Waals surface area contributed by atoms with Crippen LogP contribution in [0.1, 0.15) is 61.5 Å². The van der Waals surface area contributed by atoms with Crippen molar-refractivity contribution in [2.24, 2.45) is 5.92 Å². The molecule has 0 N–H and O–H groups in total. The highest BCUT2D eigenvalue weighted by Gasteiger charge is 2.31. The van der Waals surface area contributed by atoms with Crippen LogP contribution in [0.3, 0.4) is 0 Å². The molecule has 1 aromatic heterocycles. The first-order valence-corrected chi connectivity index (χ1v) is 11.3. The lowest BCUT2D eigenvalue weighted by Crippen LogP contribution is -2.45. The minimum Gasteiger partial charge on any atom is -0.370 e. The minimum absolute atomic E-state index is 0.317. The van der Waals surface area contributed by atoms with Gasteiger partial charge in [-0.1, -0.05) is 31.0 Å². The van der Waals surface area contributed by atoms with Gasteiger partial charge in [0.05, 0.1) is 0 Å². The number of hydrogen-bond donors (Lipinski definition) is 0. The highest BCUT2D eigenvalue weighted by atomic mass is 16.2. The van der Waals surface area contributed by atoms with Gasteiger partial charge >= 0.3 is 0 Å². The number of likely N-dealkylation sites (tertiary alicyclic amines) is 1. The lowest BCUT2D eigenvalue weighted by Gasteiger charge is -2.41. The third-order valence-corrected chi connectivity index (χ3v) is 7.28. The summed E-state index contributed by atoms with van der Waals surface area (Å²) in [7, 11) is 0. The monoisotopic (exact) mass is 389 g/mol. The average molecular weight is 390 g/mol. The summed E-state index contributed by atoms with van der Waals surface area (Å²) in [5.74, 6) is 1.94. The summed E-state index contributed by atoms with van der Waals surface area (Å²) >= 11 is 0. The van der Waals surface area contributed by atoms with Gasteiger partial charge in [-0.15, -0.1) is 0 Å². The van der Waals surface area contributed by atoms with Crippen molar-refractivity contribution in [2.45, 2.75) is 50.4 Å². The maximum Gasteiger partial charge on any atom is 0.225 e. The largest absolute Gasteiger partial charge is 0.370 e. The number of benzene rings is 1. The molecule has 2 aliphatic heterocycles. The van der Waals surface area contributed by atoms with Gasteiger partial charge in [-0.2, -0.15) is 0 Å². The van der Waals surface area contributed by atoms with Crippen molar-refractivity contribution < 1.29 is 4.79 Å². The average Bonchev–Trinajstić information content (AvgIpc) is 3.29. The number of carbonyl (C=O) groups excluding carboxylic acids is 1. The molecule has 0 spiro atoms. The van der Waals surface area contributed by atoms with E-state index in [1.807, 2.05) is 18.5 Å². The molecule has 2 saturated heterocycles. The Morgan fingerprint density at radius 3 is 2.24 bits per heavy atom. The molecule has 29 heavy (non-hydrogen) atoms. The number of pyridine rings is 1. The lowest BCUT2D eigenvalue weighted by molar-refractivity contribution is -0.136. The van der Waals surface area contributed by atoms with Crippen LogP contribution in [0.15, 0.2) is 48.8 Å². The SMILES string of the molecule is O=C(C1CCCC1)N1CCC(c2ccc(N3CC(c4cccnc4)C3)cc2)CC1. The van der Waals surface area contributed by atoms with Crippen molar-refractivity contribution in [3.05, 3.63) is 59.9 Å². The van der Waals surface area contributed by atoms with E-state index in [1.165, 1.54) is 29.7 Å². The van der Waals surface area contributed by atoms with Gasteiger partial charge in [0.15, 0.2) is 0 Å². The van der Waals surface area contributed by atoms with Gasteiger partial charge in [0.2, 0.25) is 5.91 Å². The Labute approximate surface area is 173 Å². The summed E-state index contributed by atoms with van der Waals surface area (Å²) in [6, 6.07) is 13.4. The summed E-state index contributed by atoms with van der Waals surface area (Å²) in [4.78, 5) is 21.5. The van der Waals surface area contributed by atoms with Gasteiger partial charge in [-0.25, -0.2) is 0 Å². The van der Waals surface area contributed by atoms with E-state index < -0.39 is 0 Å². The Kier molecular flexibility index (Phi) is 5.26. The molecule has 3 heterocycles. The Balaban J connectivity index is 1.13. The van der Waals surface area contributed by atoms with E-state index in [0.717, 1.165) is 51.9 Å². The van der Waals surface area contributed by atoms with E-state index >= 15 is 0 Å². The van der Waals surface area contributed by atoms with Gasteiger partial charge in [0.25, 0.3) is 0 Å². The molecule has 0 radical (unpaired) electrons. The van der Waals surface area contributed by atoms with Crippen LogP contribution >= 0.6 is 0 Å². The van der Waals surface area contributed by atoms with Gasteiger partial charge in [0, 0.05) is 56.1 Å². The first-order chi connectivity index (χ1) is 14.3. The second-order valence-electron chi connectivity index (χ2n) is 9.06. The predicted octanol–water partition coefficient (Wildman–Crippen LogP) is 4.58. The molecule has 2 aromatic rings. The molecular formula is C25H31N3O. The zero-order chi connectivity index (χ0) is 19.6. The van der Waals surface area contributed by atoms with E-state index in [-0.39, 0.29) is 0 Å². The smallest absolute Gasteiger partial charge is 0.225 e. The molecule has 1 amide bonds. The molecule has 1 saturated carbocycles. The fraction of sp³-hybridized carbons (Fsp3) is 0.520. The summed E-state index contributed by atoms with van der Waals surface area (Å²) < 4.78 is 0. The van der Waals surface area contributed by atoms with E-state index in [1.54, 1.807) is 0 Å². The number of piperidine rings is 1. The summed E-state index contributed by atoms with van der Waals surface area (Å²) in [6.45, 7) is 4.01.